The quantitative estimate of drug-likeness (QED) is 0.808. The summed E-state index contributed by atoms with van der Waals surface area (Å²) < 4.78 is 3.01. The fourth-order valence-corrected chi connectivity index (χ4v) is 2.62. The van der Waals surface area contributed by atoms with Gasteiger partial charge in [-0.3, -0.25) is 4.68 Å². The molecular formula is C14H16ClIN2O. The van der Waals surface area contributed by atoms with E-state index in [2.05, 4.69) is 27.7 Å². The molecule has 1 aromatic carbocycles. The van der Waals surface area contributed by atoms with Crippen molar-refractivity contribution in [2.45, 2.75) is 32.9 Å². The van der Waals surface area contributed by atoms with Crippen LogP contribution in [0.1, 0.15) is 30.0 Å². The molecule has 19 heavy (non-hydrogen) atoms. The van der Waals surface area contributed by atoms with E-state index in [0.717, 1.165) is 27.1 Å². The average Bonchev–Trinajstić information content (AvgIpc) is 2.67. The van der Waals surface area contributed by atoms with Crippen LogP contribution in [0.5, 0.6) is 0 Å². The Balaban J connectivity index is 2.23. The van der Waals surface area contributed by atoms with Crippen molar-refractivity contribution >= 4 is 34.2 Å². The van der Waals surface area contributed by atoms with Crippen LogP contribution in [0.15, 0.2) is 24.3 Å². The number of aryl methyl sites for hydroxylation is 2. The molecule has 1 atom stereocenters. The SMILES string of the molecule is CCn1nc(C)c(Cl)c1CC(O)c1ccc(I)cc1. The van der Waals surface area contributed by atoms with Gasteiger partial charge in [0.25, 0.3) is 0 Å². The van der Waals surface area contributed by atoms with Gasteiger partial charge in [0.05, 0.1) is 22.5 Å². The van der Waals surface area contributed by atoms with Crippen molar-refractivity contribution < 1.29 is 5.11 Å². The number of aromatic nitrogens is 2. The topological polar surface area (TPSA) is 38.0 Å². The molecule has 0 aliphatic rings. The fraction of sp³-hybridized carbons (Fsp3) is 0.357. The van der Waals surface area contributed by atoms with Gasteiger partial charge in [-0.15, -0.1) is 0 Å². The van der Waals surface area contributed by atoms with E-state index >= 15 is 0 Å². The molecule has 0 aliphatic carbocycles. The number of hydrogen-bond acceptors (Lipinski definition) is 2. The first-order chi connectivity index (χ1) is 9.02. The van der Waals surface area contributed by atoms with Crippen molar-refractivity contribution in [1.29, 1.82) is 0 Å². The summed E-state index contributed by atoms with van der Waals surface area (Å²) in [5, 5.41) is 15.3. The van der Waals surface area contributed by atoms with Crippen molar-refractivity contribution in [1.82, 2.24) is 9.78 Å². The maximum atomic E-state index is 10.3. The van der Waals surface area contributed by atoms with Crippen LogP contribution >= 0.6 is 34.2 Å². The van der Waals surface area contributed by atoms with Crippen molar-refractivity contribution in [3.63, 3.8) is 0 Å². The molecule has 5 heteroatoms. The number of rotatable bonds is 4. The maximum Gasteiger partial charge on any atom is 0.0848 e. The second kappa shape index (κ2) is 6.24. The van der Waals surface area contributed by atoms with E-state index in [9.17, 15) is 5.11 Å². The normalized spacial score (nSPS) is 12.7. The minimum absolute atomic E-state index is 0.480. The predicted molar refractivity (Wildman–Crippen MR) is 85.5 cm³/mol. The van der Waals surface area contributed by atoms with Gasteiger partial charge in [0, 0.05) is 16.5 Å². The number of nitrogens with zero attached hydrogens (tertiary/aromatic N) is 2. The smallest absolute Gasteiger partial charge is 0.0848 e. The first-order valence-corrected chi connectivity index (χ1v) is 7.64. The van der Waals surface area contributed by atoms with Crippen LogP contribution in [0.4, 0.5) is 0 Å². The Bertz CT molecular complexity index is 566. The van der Waals surface area contributed by atoms with Gasteiger partial charge in [-0.2, -0.15) is 5.10 Å². The van der Waals surface area contributed by atoms with Gasteiger partial charge in [-0.25, -0.2) is 0 Å². The van der Waals surface area contributed by atoms with Crippen LogP contribution in [0.3, 0.4) is 0 Å². The zero-order chi connectivity index (χ0) is 14.0. The first kappa shape index (κ1) is 14.8. The minimum atomic E-state index is -0.559. The highest BCUT2D eigenvalue weighted by atomic mass is 127. The third-order valence-corrected chi connectivity index (χ3v) is 4.31. The van der Waals surface area contributed by atoms with Gasteiger partial charge >= 0.3 is 0 Å². The number of hydrogen-bond donors (Lipinski definition) is 1. The van der Waals surface area contributed by atoms with Crippen molar-refractivity contribution in [2.24, 2.45) is 0 Å². The summed E-state index contributed by atoms with van der Waals surface area (Å²) in [7, 11) is 0. The number of halogens is 2. The van der Waals surface area contributed by atoms with Crippen molar-refractivity contribution in [3.8, 4) is 0 Å². The Morgan fingerprint density at radius 1 is 1.37 bits per heavy atom. The molecule has 1 heterocycles. The molecule has 3 nitrogen and oxygen atoms in total. The number of aliphatic hydroxyl groups is 1. The molecule has 0 saturated carbocycles. The molecule has 0 amide bonds. The standard InChI is InChI=1S/C14H16ClIN2O/c1-3-18-12(14(15)9(2)17-18)8-13(19)10-4-6-11(16)7-5-10/h4-7,13,19H,3,8H2,1-2H3. The summed E-state index contributed by atoms with van der Waals surface area (Å²) >= 11 is 8.50. The minimum Gasteiger partial charge on any atom is -0.388 e. The lowest BCUT2D eigenvalue weighted by molar-refractivity contribution is 0.175. The average molecular weight is 391 g/mol. The van der Waals surface area contributed by atoms with Crippen LogP contribution in [-0.2, 0) is 13.0 Å². The third-order valence-electron chi connectivity index (χ3n) is 3.09. The van der Waals surface area contributed by atoms with E-state index in [1.165, 1.54) is 0 Å². The first-order valence-electron chi connectivity index (χ1n) is 6.18. The van der Waals surface area contributed by atoms with E-state index < -0.39 is 6.10 Å². The summed E-state index contributed by atoms with van der Waals surface area (Å²) in [6, 6.07) is 7.87. The Morgan fingerprint density at radius 2 is 2.00 bits per heavy atom. The van der Waals surface area contributed by atoms with Crippen LogP contribution < -0.4 is 0 Å². The monoisotopic (exact) mass is 390 g/mol. The Kier molecular flexibility index (Phi) is 4.86. The molecule has 1 N–H and O–H groups in total. The van der Waals surface area contributed by atoms with Gasteiger partial charge in [-0.1, -0.05) is 23.7 Å². The zero-order valence-corrected chi connectivity index (χ0v) is 13.8. The molecule has 0 bridgehead atoms. The van der Waals surface area contributed by atoms with E-state index in [1.54, 1.807) is 0 Å². The summed E-state index contributed by atoms with van der Waals surface area (Å²) in [6.07, 6.45) is -0.0791. The third kappa shape index (κ3) is 3.30. The fourth-order valence-electron chi connectivity index (χ4n) is 2.05. The van der Waals surface area contributed by atoms with Gasteiger partial charge in [0.15, 0.2) is 0 Å². The molecule has 0 aliphatic heterocycles. The Labute approximate surface area is 131 Å². The molecular weight excluding hydrogens is 375 g/mol. The lowest BCUT2D eigenvalue weighted by Crippen LogP contribution is -2.08. The van der Waals surface area contributed by atoms with Crippen LogP contribution in [0.2, 0.25) is 5.02 Å². The Morgan fingerprint density at radius 3 is 2.58 bits per heavy atom. The Hall–Kier alpha value is -0.590. The zero-order valence-electron chi connectivity index (χ0n) is 10.9. The molecule has 1 aromatic heterocycles. The van der Waals surface area contributed by atoms with E-state index in [0.29, 0.717) is 11.4 Å². The highest BCUT2D eigenvalue weighted by Crippen LogP contribution is 2.26. The van der Waals surface area contributed by atoms with Crippen molar-refractivity contribution in [3.05, 3.63) is 49.8 Å². The lowest BCUT2D eigenvalue weighted by atomic mass is 10.0. The molecule has 1 unspecified atom stereocenters. The number of benzene rings is 1. The van der Waals surface area contributed by atoms with Crippen LogP contribution in [-0.4, -0.2) is 14.9 Å². The van der Waals surface area contributed by atoms with E-state index in [4.69, 9.17) is 11.6 Å². The summed E-state index contributed by atoms with van der Waals surface area (Å²) in [4.78, 5) is 0. The molecule has 0 saturated heterocycles. The molecule has 0 spiro atoms. The van der Waals surface area contributed by atoms with E-state index in [-0.39, 0.29) is 0 Å². The molecule has 102 valence electrons. The van der Waals surface area contributed by atoms with Gasteiger partial charge in [0.2, 0.25) is 0 Å². The molecule has 0 fully saturated rings. The van der Waals surface area contributed by atoms with Gasteiger partial charge < -0.3 is 5.11 Å². The maximum absolute atomic E-state index is 10.3. The molecule has 2 rings (SSSR count). The van der Waals surface area contributed by atoms with Crippen LogP contribution in [0, 0.1) is 10.5 Å². The predicted octanol–water partition coefficient (Wildman–Crippen LogP) is 3.75. The lowest BCUT2D eigenvalue weighted by Gasteiger charge is -2.12. The summed E-state index contributed by atoms with van der Waals surface area (Å²) in [6.45, 7) is 4.65. The highest BCUT2D eigenvalue weighted by molar-refractivity contribution is 14.1. The summed E-state index contributed by atoms with van der Waals surface area (Å²) in [5.74, 6) is 0. The molecule has 0 radical (unpaired) electrons. The van der Waals surface area contributed by atoms with Gasteiger partial charge in [0.1, 0.15) is 0 Å². The highest BCUT2D eigenvalue weighted by Gasteiger charge is 2.17. The second-order valence-corrected chi connectivity index (χ2v) is 6.06. The van der Waals surface area contributed by atoms with Gasteiger partial charge in [-0.05, 0) is 54.1 Å². The largest absolute Gasteiger partial charge is 0.388 e. The molecule has 2 aromatic rings. The van der Waals surface area contributed by atoms with Crippen molar-refractivity contribution in [2.75, 3.05) is 0 Å². The van der Waals surface area contributed by atoms with Crippen LogP contribution in [0.25, 0.3) is 0 Å². The second-order valence-electron chi connectivity index (χ2n) is 4.43. The summed E-state index contributed by atoms with van der Waals surface area (Å²) in [5.41, 5.74) is 2.61. The van der Waals surface area contributed by atoms with E-state index in [1.807, 2.05) is 42.8 Å². The number of aliphatic hydroxyl groups excluding tert-OH is 1.